The molecule has 2 aromatic rings. The number of hydrogen-bond acceptors (Lipinski definition) is 5. The Hall–Kier alpha value is -1.89. The highest BCUT2D eigenvalue weighted by atomic mass is 32.1. The number of carbonyl (C=O) groups excluding carboxylic acids is 1. The van der Waals surface area contributed by atoms with Gasteiger partial charge in [0.15, 0.2) is 0 Å². The van der Waals surface area contributed by atoms with E-state index in [0.29, 0.717) is 12.6 Å². The summed E-state index contributed by atoms with van der Waals surface area (Å²) in [6.45, 7) is 4.16. The maximum atomic E-state index is 13.4. The lowest BCUT2D eigenvalue weighted by molar-refractivity contribution is -0.0468. The number of rotatable bonds is 7. The minimum atomic E-state index is 0.0604. The predicted molar refractivity (Wildman–Crippen MR) is 116 cm³/mol. The van der Waals surface area contributed by atoms with Crippen molar-refractivity contribution in [1.29, 1.82) is 0 Å². The van der Waals surface area contributed by atoms with E-state index in [9.17, 15) is 4.79 Å². The molecule has 1 unspecified atom stereocenters. The summed E-state index contributed by atoms with van der Waals surface area (Å²) in [4.78, 5) is 17.9. The van der Waals surface area contributed by atoms with Crippen molar-refractivity contribution in [2.24, 2.45) is 0 Å². The third kappa shape index (κ3) is 5.18. The van der Waals surface area contributed by atoms with Gasteiger partial charge in [0.1, 0.15) is 5.75 Å². The number of morpholine rings is 1. The summed E-state index contributed by atoms with van der Waals surface area (Å²) >= 11 is 1.74. The molecule has 4 rings (SSSR count). The molecule has 1 aliphatic heterocycles. The predicted octanol–water partition coefficient (Wildman–Crippen LogP) is 4.04. The molecule has 0 bridgehead atoms. The van der Waals surface area contributed by atoms with Crippen LogP contribution in [0.2, 0.25) is 0 Å². The fourth-order valence-electron chi connectivity index (χ4n) is 4.41. The first-order chi connectivity index (χ1) is 14.2. The Labute approximate surface area is 177 Å². The van der Waals surface area contributed by atoms with Crippen LogP contribution < -0.4 is 4.74 Å². The molecule has 156 valence electrons. The van der Waals surface area contributed by atoms with Crippen molar-refractivity contribution in [3.8, 4) is 5.75 Å². The Morgan fingerprint density at radius 2 is 2.03 bits per heavy atom. The molecule has 29 heavy (non-hydrogen) atoms. The first-order valence-corrected chi connectivity index (χ1v) is 11.5. The second-order valence-corrected chi connectivity index (χ2v) is 8.76. The molecule has 1 aromatic heterocycles. The SMILES string of the molecule is COc1ccc(C(=O)N(CC2CN(Cc3ccsc3)CCO2)C2CCCC2)cc1. The summed E-state index contributed by atoms with van der Waals surface area (Å²) < 4.78 is 11.3. The van der Waals surface area contributed by atoms with Crippen molar-refractivity contribution < 1.29 is 14.3 Å². The topological polar surface area (TPSA) is 42.0 Å². The van der Waals surface area contributed by atoms with E-state index < -0.39 is 0 Å². The highest BCUT2D eigenvalue weighted by Crippen LogP contribution is 2.26. The van der Waals surface area contributed by atoms with E-state index >= 15 is 0 Å². The van der Waals surface area contributed by atoms with E-state index in [1.807, 2.05) is 24.3 Å². The van der Waals surface area contributed by atoms with Crippen molar-refractivity contribution in [3.63, 3.8) is 0 Å². The molecule has 1 aromatic carbocycles. The van der Waals surface area contributed by atoms with E-state index in [0.717, 1.165) is 50.4 Å². The molecule has 1 saturated carbocycles. The number of hydrogen-bond donors (Lipinski definition) is 0. The van der Waals surface area contributed by atoms with Crippen LogP contribution in [0.5, 0.6) is 5.75 Å². The summed E-state index contributed by atoms with van der Waals surface area (Å²) in [6.07, 6.45) is 4.64. The minimum absolute atomic E-state index is 0.0604. The van der Waals surface area contributed by atoms with Crippen LogP contribution >= 0.6 is 11.3 Å². The molecule has 2 heterocycles. The van der Waals surface area contributed by atoms with Crippen LogP contribution in [0.4, 0.5) is 0 Å². The van der Waals surface area contributed by atoms with Gasteiger partial charge in [-0.1, -0.05) is 12.8 Å². The second-order valence-electron chi connectivity index (χ2n) is 7.98. The third-order valence-corrected chi connectivity index (χ3v) is 6.70. The van der Waals surface area contributed by atoms with E-state index in [-0.39, 0.29) is 12.0 Å². The first-order valence-electron chi connectivity index (χ1n) is 10.5. The molecular weight excluding hydrogens is 384 g/mol. The van der Waals surface area contributed by atoms with Gasteiger partial charge in [-0.2, -0.15) is 11.3 Å². The van der Waals surface area contributed by atoms with Crippen molar-refractivity contribution in [3.05, 3.63) is 52.2 Å². The minimum Gasteiger partial charge on any atom is -0.497 e. The van der Waals surface area contributed by atoms with Gasteiger partial charge >= 0.3 is 0 Å². The number of benzene rings is 1. The average Bonchev–Trinajstić information content (AvgIpc) is 3.46. The lowest BCUT2D eigenvalue weighted by Gasteiger charge is -2.37. The van der Waals surface area contributed by atoms with Gasteiger partial charge in [0.25, 0.3) is 5.91 Å². The van der Waals surface area contributed by atoms with E-state index in [1.165, 1.54) is 18.4 Å². The molecule has 2 fully saturated rings. The van der Waals surface area contributed by atoms with Crippen LogP contribution in [0, 0.1) is 0 Å². The molecule has 0 N–H and O–H groups in total. The highest BCUT2D eigenvalue weighted by Gasteiger charge is 2.31. The summed E-state index contributed by atoms with van der Waals surface area (Å²) in [7, 11) is 1.64. The number of ether oxygens (including phenoxy) is 2. The van der Waals surface area contributed by atoms with E-state index in [4.69, 9.17) is 9.47 Å². The quantitative estimate of drug-likeness (QED) is 0.686. The summed E-state index contributed by atoms with van der Waals surface area (Å²) in [5.74, 6) is 0.881. The summed E-state index contributed by atoms with van der Waals surface area (Å²) in [6, 6.07) is 9.97. The summed E-state index contributed by atoms with van der Waals surface area (Å²) in [5.41, 5.74) is 2.08. The van der Waals surface area contributed by atoms with Crippen molar-refractivity contribution in [1.82, 2.24) is 9.80 Å². The fraction of sp³-hybridized carbons (Fsp3) is 0.522. The zero-order valence-electron chi connectivity index (χ0n) is 17.1. The van der Waals surface area contributed by atoms with Gasteiger partial charge in [0.05, 0.1) is 19.8 Å². The average molecular weight is 415 g/mol. The van der Waals surface area contributed by atoms with E-state index in [2.05, 4.69) is 26.6 Å². The molecule has 0 spiro atoms. The molecule has 2 aliphatic rings. The molecule has 5 nitrogen and oxygen atoms in total. The van der Waals surface area contributed by atoms with Crippen LogP contribution in [0.25, 0.3) is 0 Å². The lowest BCUT2D eigenvalue weighted by Crippen LogP contribution is -2.50. The molecule has 1 atom stereocenters. The lowest BCUT2D eigenvalue weighted by atomic mass is 10.1. The Morgan fingerprint density at radius 3 is 2.72 bits per heavy atom. The third-order valence-electron chi connectivity index (χ3n) is 5.97. The monoisotopic (exact) mass is 414 g/mol. The van der Waals surface area contributed by atoms with E-state index in [1.54, 1.807) is 18.4 Å². The normalized spacial score (nSPS) is 20.7. The zero-order valence-corrected chi connectivity index (χ0v) is 17.9. The Kier molecular flexibility index (Phi) is 6.85. The van der Waals surface area contributed by atoms with Crippen LogP contribution in [0.1, 0.15) is 41.6 Å². The number of amides is 1. The molecule has 6 heteroatoms. The van der Waals surface area contributed by atoms with Crippen LogP contribution in [-0.2, 0) is 11.3 Å². The Balaban J connectivity index is 1.44. The van der Waals surface area contributed by atoms with Gasteiger partial charge in [0, 0.05) is 37.8 Å². The number of carbonyl (C=O) groups is 1. The standard InChI is InChI=1S/C23H30N2O3S/c1-27-21-8-6-19(7-9-21)23(26)25(20-4-2-3-5-20)16-22-15-24(11-12-28-22)14-18-10-13-29-17-18/h6-10,13,17,20,22H,2-5,11-12,14-16H2,1H3. The molecule has 1 amide bonds. The maximum absolute atomic E-state index is 13.4. The fourth-order valence-corrected chi connectivity index (χ4v) is 5.07. The van der Waals surface area contributed by atoms with Crippen LogP contribution in [0.3, 0.4) is 0 Å². The van der Waals surface area contributed by atoms with Crippen LogP contribution in [0.15, 0.2) is 41.1 Å². The second kappa shape index (κ2) is 9.74. The van der Waals surface area contributed by atoms with Crippen molar-refractivity contribution >= 4 is 17.2 Å². The number of methoxy groups -OCH3 is 1. The van der Waals surface area contributed by atoms with Gasteiger partial charge < -0.3 is 14.4 Å². The largest absolute Gasteiger partial charge is 0.497 e. The molecular formula is C23H30N2O3S. The maximum Gasteiger partial charge on any atom is 0.254 e. The van der Waals surface area contributed by atoms with Gasteiger partial charge in [-0.25, -0.2) is 0 Å². The number of nitrogens with zero attached hydrogens (tertiary/aromatic N) is 2. The van der Waals surface area contributed by atoms with Crippen molar-refractivity contribution in [2.75, 3.05) is 33.4 Å². The molecule has 1 saturated heterocycles. The van der Waals surface area contributed by atoms with Gasteiger partial charge in [-0.05, 0) is 59.5 Å². The first kappa shape index (κ1) is 20.4. The zero-order chi connectivity index (χ0) is 20.1. The Morgan fingerprint density at radius 1 is 1.24 bits per heavy atom. The summed E-state index contributed by atoms with van der Waals surface area (Å²) in [5, 5.41) is 4.34. The van der Waals surface area contributed by atoms with Crippen LogP contribution in [-0.4, -0.2) is 61.2 Å². The highest BCUT2D eigenvalue weighted by molar-refractivity contribution is 7.07. The Bertz CT molecular complexity index is 772. The number of thiophene rings is 1. The molecule has 0 radical (unpaired) electrons. The van der Waals surface area contributed by atoms with Gasteiger partial charge in [-0.3, -0.25) is 9.69 Å². The van der Waals surface area contributed by atoms with Crippen molar-refractivity contribution in [2.45, 2.75) is 44.4 Å². The van der Waals surface area contributed by atoms with Gasteiger partial charge in [0.2, 0.25) is 0 Å². The van der Waals surface area contributed by atoms with Gasteiger partial charge in [-0.15, -0.1) is 0 Å². The smallest absolute Gasteiger partial charge is 0.254 e. The molecule has 1 aliphatic carbocycles.